The quantitative estimate of drug-likeness (QED) is 0.325. The molecule has 0 aliphatic carbocycles. The number of alkyl halides is 3. The molecule has 0 bridgehead atoms. The normalized spacial score (nSPS) is 11.4. The minimum absolute atomic E-state index is 0.0381. The van der Waals surface area contributed by atoms with Crippen LogP contribution in [0.3, 0.4) is 0 Å². The maximum atomic E-state index is 13.0. The summed E-state index contributed by atoms with van der Waals surface area (Å²) in [6.45, 7) is 0. The van der Waals surface area contributed by atoms with E-state index < -0.39 is 33.8 Å². The van der Waals surface area contributed by atoms with Gasteiger partial charge in [0.05, 0.1) is 24.7 Å². The number of methoxy groups -OCH3 is 2. The smallest absolute Gasteiger partial charge is 0.434 e. The van der Waals surface area contributed by atoms with Crippen LogP contribution in [0.2, 0.25) is 0 Å². The summed E-state index contributed by atoms with van der Waals surface area (Å²) in [5, 5.41) is 11.2. The molecule has 10 heteroatoms. The van der Waals surface area contributed by atoms with Crippen molar-refractivity contribution in [1.82, 2.24) is 4.98 Å². The third kappa shape index (κ3) is 4.40. The van der Waals surface area contributed by atoms with Crippen molar-refractivity contribution < 1.29 is 32.4 Å². The molecule has 27 heavy (non-hydrogen) atoms. The lowest BCUT2D eigenvalue weighted by Gasteiger charge is -2.09. The lowest BCUT2D eigenvalue weighted by Crippen LogP contribution is -2.14. The number of hydrogen-bond acceptors (Lipinski definition) is 6. The standard InChI is InChI=1S/C17H13F3N2O5/c1-26-14-9-10(8-12(22(24)25)15(14)27-2)5-6-13(23)11-4-3-7-21-16(11)17(18,19)20/h3-9H,1-2H3/b6-5+. The number of pyridine rings is 1. The van der Waals surface area contributed by atoms with Crippen LogP contribution < -0.4 is 9.47 Å². The van der Waals surface area contributed by atoms with E-state index in [2.05, 4.69) is 4.98 Å². The summed E-state index contributed by atoms with van der Waals surface area (Å²) < 4.78 is 48.8. The largest absolute Gasteiger partial charge is 0.493 e. The van der Waals surface area contributed by atoms with Gasteiger partial charge in [0.15, 0.2) is 17.2 Å². The maximum Gasteiger partial charge on any atom is 0.434 e. The number of nitrogens with zero attached hydrogens (tertiary/aromatic N) is 2. The zero-order valence-corrected chi connectivity index (χ0v) is 14.1. The molecule has 2 rings (SSSR count). The van der Waals surface area contributed by atoms with Crippen LogP contribution in [0, 0.1) is 10.1 Å². The number of benzene rings is 1. The summed E-state index contributed by atoms with van der Waals surface area (Å²) >= 11 is 0. The highest BCUT2D eigenvalue weighted by Gasteiger charge is 2.36. The Morgan fingerprint density at radius 2 is 1.96 bits per heavy atom. The van der Waals surface area contributed by atoms with Crippen molar-refractivity contribution in [2.45, 2.75) is 6.18 Å². The fourth-order valence-corrected chi connectivity index (χ4v) is 2.29. The Kier molecular flexibility index (Phi) is 5.78. The average Bonchev–Trinajstić information content (AvgIpc) is 2.64. The van der Waals surface area contributed by atoms with Gasteiger partial charge >= 0.3 is 11.9 Å². The zero-order chi connectivity index (χ0) is 20.2. The van der Waals surface area contributed by atoms with Crippen molar-refractivity contribution in [3.63, 3.8) is 0 Å². The van der Waals surface area contributed by atoms with Crippen LogP contribution in [0.1, 0.15) is 21.6 Å². The third-order valence-electron chi connectivity index (χ3n) is 3.45. The summed E-state index contributed by atoms with van der Waals surface area (Å²) in [6.07, 6.45) is -1.84. The number of rotatable bonds is 6. The summed E-state index contributed by atoms with van der Waals surface area (Å²) in [4.78, 5) is 25.8. The fourth-order valence-electron chi connectivity index (χ4n) is 2.29. The summed E-state index contributed by atoms with van der Waals surface area (Å²) in [5.41, 5.74) is -2.18. The number of hydrogen-bond donors (Lipinski definition) is 0. The molecular formula is C17H13F3N2O5. The van der Waals surface area contributed by atoms with Crippen molar-refractivity contribution in [3.05, 3.63) is 63.5 Å². The predicted octanol–water partition coefficient (Wildman–Crippen LogP) is 3.92. The molecule has 0 saturated carbocycles. The molecule has 0 spiro atoms. The molecule has 0 radical (unpaired) electrons. The van der Waals surface area contributed by atoms with Gasteiger partial charge < -0.3 is 9.47 Å². The maximum absolute atomic E-state index is 13.0. The van der Waals surface area contributed by atoms with Crippen molar-refractivity contribution >= 4 is 17.5 Å². The summed E-state index contributed by atoms with van der Waals surface area (Å²) in [7, 11) is 2.50. The van der Waals surface area contributed by atoms with Crippen molar-refractivity contribution in [1.29, 1.82) is 0 Å². The SMILES string of the molecule is COc1cc(/C=C/C(=O)c2cccnc2C(F)(F)F)cc([N+](=O)[O-])c1OC. The van der Waals surface area contributed by atoms with Crippen molar-refractivity contribution in [3.8, 4) is 11.5 Å². The van der Waals surface area contributed by atoms with Gasteiger partial charge in [0.2, 0.25) is 5.75 Å². The van der Waals surface area contributed by atoms with E-state index in [9.17, 15) is 28.1 Å². The van der Waals surface area contributed by atoms with E-state index in [4.69, 9.17) is 9.47 Å². The Morgan fingerprint density at radius 3 is 2.52 bits per heavy atom. The molecule has 0 unspecified atom stereocenters. The summed E-state index contributed by atoms with van der Waals surface area (Å²) in [5.74, 6) is -1.03. The van der Waals surface area contributed by atoms with Gasteiger partial charge in [-0.25, -0.2) is 0 Å². The third-order valence-corrected chi connectivity index (χ3v) is 3.45. The molecule has 142 valence electrons. The van der Waals surface area contributed by atoms with Crippen LogP contribution in [0.4, 0.5) is 18.9 Å². The highest BCUT2D eigenvalue weighted by molar-refractivity contribution is 6.07. The lowest BCUT2D eigenvalue weighted by molar-refractivity contribution is -0.385. The number of ether oxygens (including phenoxy) is 2. The van der Waals surface area contributed by atoms with E-state index >= 15 is 0 Å². The molecule has 2 aromatic rings. The van der Waals surface area contributed by atoms with E-state index in [0.29, 0.717) is 0 Å². The van der Waals surface area contributed by atoms with Gasteiger partial charge in [0.1, 0.15) is 0 Å². The Labute approximate surface area is 151 Å². The molecule has 7 nitrogen and oxygen atoms in total. The van der Waals surface area contributed by atoms with Crippen molar-refractivity contribution in [2.24, 2.45) is 0 Å². The minimum atomic E-state index is -4.79. The number of nitro groups is 1. The number of ketones is 1. The van der Waals surface area contributed by atoms with Crippen LogP contribution >= 0.6 is 0 Å². The molecule has 0 fully saturated rings. The number of nitro benzene ring substituents is 1. The topological polar surface area (TPSA) is 91.6 Å². The molecule has 0 aliphatic heterocycles. The van der Waals surface area contributed by atoms with Crippen molar-refractivity contribution in [2.75, 3.05) is 14.2 Å². The molecule has 0 amide bonds. The van der Waals surface area contributed by atoms with Gasteiger partial charge in [-0.1, -0.05) is 6.08 Å². The van der Waals surface area contributed by atoms with Crippen LogP contribution in [0.15, 0.2) is 36.5 Å². The average molecular weight is 382 g/mol. The van der Waals surface area contributed by atoms with Gasteiger partial charge in [-0.05, 0) is 29.8 Å². The molecule has 1 aromatic heterocycles. The number of aromatic nitrogens is 1. The molecule has 0 N–H and O–H groups in total. The van der Waals surface area contributed by atoms with E-state index in [1.807, 2.05) is 0 Å². The van der Waals surface area contributed by atoms with Crippen LogP contribution in [0.25, 0.3) is 6.08 Å². The number of allylic oxidation sites excluding steroid dienone is 1. The minimum Gasteiger partial charge on any atom is -0.493 e. The zero-order valence-electron chi connectivity index (χ0n) is 14.1. The van der Waals surface area contributed by atoms with E-state index in [1.54, 1.807) is 0 Å². The van der Waals surface area contributed by atoms with E-state index in [0.717, 1.165) is 30.5 Å². The monoisotopic (exact) mass is 382 g/mol. The van der Waals surface area contributed by atoms with Gasteiger partial charge in [-0.2, -0.15) is 13.2 Å². The predicted molar refractivity (Wildman–Crippen MR) is 88.8 cm³/mol. The molecule has 0 atom stereocenters. The first kappa shape index (κ1) is 19.9. The molecular weight excluding hydrogens is 369 g/mol. The van der Waals surface area contributed by atoms with Crippen LogP contribution in [-0.4, -0.2) is 29.9 Å². The van der Waals surface area contributed by atoms with Gasteiger partial charge in [-0.15, -0.1) is 0 Å². The number of halogens is 3. The number of carbonyl (C=O) groups is 1. The Hall–Kier alpha value is -3.43. The molecule has 0 aliphatic rings. The second kappa shape index (κ2) is 7.85. The van der Waals surface area contributed by atoms with Gasteiger partial charge in [-0.3, -0.25) is 19.9 Å². The Bertz CT molecular complexity index is 910. The van der Waals surface area contributed by atoms with Crippen LogP contribution in [0.5, 0.6) is 11.5 Å². The first-order valence-electron chi connectivity index (χ1n) is 7.34. The molecule has 1 heterocycles. The fraction of sp³-hybridized carbons (Fsp3) is 0.176. The first-order chi connectivity index (χ1) is 12.7. The molecule has 0 saturated heterocycles. The van der Waals surface area contributed by atoms with Gasteiger partial charge in [0.25, 0.3) is 0 Å². The Morgan fingerprint density at radius 1 is 1.26 bits per heavy atom. The van der Waals surface area contributed by atoms with E-state index in [-0.39, 0.29) is 17.1 Å². The van der Waals surface area contributed by atoms with Crippen LogP contribution in [-0.2, 0) is 6.18 Å². The number of carbonyl (C=O) groups excluding carboxylic acids is 1. The molecule has 1 aromatic carbocycles. The summed E-state index contributed by atoms with van der Waals surface area (Å²) in [6, 6.07) is 4.67. The van der Waals surface area contributed by atoms with E-state index in [1.165, 1.54) is 26.4 Å². The highest BCUT2D eigenvalue weighted by Crippen LogP contribution is 2.38. The van der Waals surface area contributed by atoms with Gasteiger partial charge in [0, 0.05) is 12.3 Å². The highest BCUT2D eigenvalue weighted by atomic mass is 19.4. The second-order valence-corrected chi connectivity index (χ2v) is 5.13. The Balaban J connectivity index is 2.43. The lowest BCUT2D eigenvalue weighted by atomic mass is 10.1. The first-order valence-corrected chi connectivity index (χ1v) is 7.34. The second-order valence-electron chi connectivity index (χ2n) is 5.13.